The number of halogens is 2. The van der Waals surface area contributed by atoms with Gasteiger partial charge in [-0.25, -0.2) is 8.78 Å². The molecule has 1 amide bonds. The molecule has 9 nitrogen and oxygen atoms in total. The van der Waals surface area contributed by atoms with Gasteiger partial charge < -0.3 is 26.4 Å². The van der Waals surface area contributed by atoms with Gasteiger partial charge in [-0.3, -0.25) is 19.9 Å². The average Bonchev–Trinajstić information content (AvgIpc) is 3.46. The molecule has 0 aromatic rings. The number of alkyl halides is 2. The Morgan fingerprint density at radius 3 is 2.62 bits per heavy atom. The number of nitrogens with zero attached hydrogens (tertiary/aromatic N) is 2. The molecule has 0 saturated carbocycles. The molecule has 5 aliphatic heterocycles. The molecular formula is C28H49F2N7O2. The number of hydrogen-bond acceptors (Lipinski definition) is 8. The fourth-order valence-corrected chi connectivity index (χ4v) is 7.14. The molecule has 4 fully saturated rings. The van der Waals surface area contributed by atoms with Crippen LogP contribution in [-0.4, -0.2) is 117 Å². The number of amides is 1. The van der Waals surface area contributed by atoms with Gasteiger partial charge in [0.1, 0.15) is 18.3 Å². The number of carbonyl (C=O) groups excluding carboxylic acids is 1. The lowest BCUT2D eigenvalue weighted by Crippen LogP contribution is -2.68. The van der Waals surface area contributed by atoms with Crippen LogP contribution in [0.25, 0.3) is 0 Å². The van der Waals surface area contributed by atoms with Crippen molar-refractivity contribution in [2.24, 2.45) is 11.7 Å². The van der Waals surface area contributed by atoms with Gasteiger partial charge in [0.2, 0.25) is 5.91 Å². The summed E-state index contributed by atoms with van der Waals surface area (Å²) >= 11 is 0. The van der Waals surface area contributed by atoms with Gasteiger partial charge in [-0.2, -0.15) is 0 Å². The molecule has 5 aliphatic rings. The smallest absolute Gasteiger partial charge is 0.232 e. The Labute approximate surface area is 232 Å². The third-order valence-corrected chi connectivity index (χ3v) is 9.39. The molecule has 222 valence electrons. The second-order valence-corrected chi connectivity index (χ2v) is 12.1. The van der Waals surface area contributed by atoms with Crippen LogP contribution in [0.4, 0.5) is 8.78 Å². The zero-order chi connectivity index (χ0) is 27.2. The molecule has 5 rings (SSSR count). The van der Waals surface area contributed by atoms with Crippen molar-refractivity contribution in [2.75, 3.05) is 59.0 Å². The van der Waals surface area contributed by atoms with Gasteiger partial charge in [-0.15, -0.1) is 0 Å². The molecule has 5 heterocycles. The second-order valence-electron chi connectivity index (χ2n) is 12.1. The summed E-state index contributed by atoms with van der Waals surface area (Å²) in [4.78, 5) is 18.6. The molecule has 39 heavy (non-hydrogen) atoms. The molecule has 6 N–H and O–H groups in total. The zero-order valence-corrected chi connectivity index (χ0v) is 23.3. The molecule has 8 atom stereocenters. The van der Waals surface area contributed by atoms with Crippen LogP contribution in [0.3, 0.4) is 0 Å². The Bertz CT molecular complexity index is 822. The third kappa shape index (κ3) is 7.48. The number of nitrogens with two attached hydrogens (primary N) is 1. The van der Waals surface area contributed by atoms with Crippen LogP contribution in [0.5, 0.6) is 0 Å². The summed E-state index contributed by atoms with van der Waals surface area (Å²) in [5, 5.41) is 13.1. The van der Waals surface area contributed by atoms with Crippen molar-refractivity contribution in [1.82, 2.24) is 31.1 Å². The normalized spacial score (nSPS) is 41.3. The van der Waals surface area contributed by atoms with Crippen LogP contribution in [0.15, 0.2) is 11.8 Å². The van der Waals surface area contributed by atoms with Gasteiger partial charge in [0, 0.05) is 70.2 Å². The molecular weight excluding hydrogens is 504 g/mol. The van der Waals surface area contributed by atoms with Gasteiger partial charge in [0.25, 0.3) is 0 Å². The maximum atomic E-state index is 15.5. The molecule has 0 aromatic heterocycles. The van der Waals surface area contributed by atoms with E-state index in [-0.39, 0.29) is 31.1 Å². The molecule has 4 saturated heterocycles. The van der Waals surface area contributed by atoms with Gasteiger partial charge in [0.15, 0.2) is 0 Å². The van der Waals surface area contributed by atoms with Crippen molar-refractivity contribution in [3.8, 4) is 0 Å². The predicted molar refractivity (Wildman–Crippen MR) is 148 cm³/mol. The summed E-state index contributed by atoms with van der Waals surface area (Å²) in [5.41, 5.74) is 7.37. The van der Waals surface area contributed by atoms with Gasteiger partial charge in [0.05, 0.1) is 24.9 Å². The molecule has 8 unspecified atom stereocenters. The maximum absolute atomic E-state index is 15.5. The lowest BCUT2D eigenvalue weighted by atomic mass is 9.92. The van der Waals surface area contributed by atoms with Gasteiger partial charge >= 0.3 is 0 Å². The minimum atomic E-state index is -1.08. The molecule has 0 aliphatic carbocycles. The quantitative estimate of drug-likeness (QED) is 0.345. The number of ether oxygens (including phenoxy) is 1. The van der Waals surface area contributed by atoms with Crippen LogP contribution >= 0.6 is 0 Å². The number of carbonyl (C=O) groups is 1. The highest BCUT2D eigenvalue weighted by Crippen LogP contribution is 2.24. The fourth-order valence-electron chi connectivity index (χ4n) is 7.14. The van der Waals surface area contributed by atoms with Crippen LogP contribution in [-0.2, 0) is 9.53 Å². The standard InChI is InChI=1S/C28H49F2N7O2/c29-19-7-8-20-5-3-1-2-4-6-23(33-15-19)25(27(31)34-20)28(38)35-24-17-32-16-22(30)26(24)37-12-10-36(11-13-37)21-9-14-39-18-21/h6,19-22,24-27,32-34H,1-5,7-18,31H2,(H,35,38)/b23-6-. The van der Waals surface area contributed by atoms with Crippen molar-refractivity contribution in [2.45, 2.75) is 94.0 Å². The number of fused-ring (bicyclic) bond motifs is 4. The highest BCUT2D eigenvalue weighted by atomic mass is 19.1. The van der Waals surface area contributed by atoms with E-state index in [9.17, 15) is 9.18 Å². The number of nitrogens with one attached hydrogen (secondary N) is 4. The van der Waals surface area contributed by atoms with E-state index in [1.807, 2.05) is 6.08 Å². The van der Waals surface area contributed by atoms with E-state index in [0.717, 1.165) is 77.9 Å². The van der Waals surface area contributed by atoms with E-state index in [2.05, 4.69) is 31.1 Å². The first kappa shape index (κ1) is 29.1. The molecule has 0 aromatic carbocycles. The van der Waals surface area contributed by atoms with E-state index < -0.39 is 30.5 Å². The zero-order valence-electron chi connectivity index (χ0n) is 23.3. The van der Waals surface area contributed by atoms with E-state index in [0.29, 0.717) is 31.1 Å². The molecule has 0 radical (unpaired) electrons. The van der Waals surface area contributed by atoms with Crippen LogP contribution in [0.2, 0.25) is 0 Å². The van der Waals surface area contributed by atoms with Gasteiger partial charge in [-0.05, 0) is 38.5 Å². The summed E-state index contributed by atoms with van der Waals surface area (Å²) in [6, 6.07) is -0.245. The largest absolute Gasteiger partial charge is 0.385 e. The summed E-state index contributed by atoms with van der Waals surface area (Å²) in [7, 11) is 0. The Balaban J connectivity index is 1.30. The van der Waals surface area contributed by atoms with Crippen molar-refractivity contribution in [3.05, 3.63) is 11.8 Å². The van der Waals surface area contributed by atoms with Crippen molar-refractivity contribution < 1.29 is 18.3 Å². The Morgan fingerprint density at radius 1 is 1.00 bits per heavy atom. The van der Waals surface area contributed by atoms with E-state index in [1.54, 1.807) is 0 Å². The maximum Gasteiger partial charge on any atom is 0.232 e. The van der Waals surface area contributed by atoms with Crippen LogP contribution < -0.4 is 27.0 Å². The topological polar surface area (TPSA) is 107 Å². The monoisotopic (exact) mass is 553 g/mol. The highest BCUT2D eigenvalue weighted by molar-refractivity contribution is 5.82. The van der Waals surface area contributed by atoms with Crippen molar-refractivity contribution in [3.63, 3.8) is 0 Å². The Morgan fingerprint density at radius 2 is 1.82 bits per heavy atom. The first-order chi connectivity index (χ1) is 19.0. The lowest BCUT2D eigenvalue weighted by molar-refractivity contribution is -0.126. The Hall–Kier alpha value is -1.37. The van der Waals surface area contributed by atoms with Crippen molar-refractivity contribution in [1.29, 1.82) is 0 Å². The first-order valence-electron chi connectivity index (χ1n) is 15.3. The minimum Gasteiger partial charge on any atom is -0.385 e. The number of hydrogen-bond donors (Lipinski definition) is 5. The van der Waals surface area contributed by atoms with E-state index in [4.69, 9.17) is 10.5 Å². The summed E-state index contributed by atoms with van der Waals surface area (Å²) in [5.74, 6) is -0.925. The van der Waals surface area contributed by atoms with Gasteiger partial charge in [-0.1, -0.05) is 18.9 Å². The van der Waals surface area contributed by atoms with Crippen LogP contribution in [0, 0.1) is 5.92 Å². The number of allylic oxidation sites excluding steroid dienone is 1. The highest BCUT2D eigenvalue weighted by Gasteiger charge is 2.42. The summed E-state index contributed by atoms with van der Waals surface area (Å²) in [6.07, 6.45) is 6.49. The lowest BCUT2D eigenvalue weighted by Gasteiger charge is -2.47. The summed E-state index contributed by atoms with van der Waals surface area (Å²) in [6.45, 7) is 5.85. The Kier molecular flexibility index (Phi) is 10.5. The van der Waals surface area contributed by atoms with Crippen molar-refractivity contribution >= 4 is 5.91 Å². The molecule has 11 heteroatoms. The number of rotatable bonds is 4. The second kappa shape index (κ2) is 14.0. The first-order valence-corrected chi connectivity index (χ1v) is 15.3. The molecule has 0 spiro atoms. The van der Waals surface area contributed by atoms with E-state index >= 15 is 4.39 Å². The van der Waals surface area contributed by atoms with Crippen LogP contribution in [0.1, 0.15) is 51.4 Å². The fraction of sp³-hybridized carbons (Fsp3) is 0.893. The molecule has 2 bridgehead atoms. The number of piperazine rings is 1. The average molecular weight is 554 g/mol. The SMILES string of the molecule is NC1NC2CCCCC/C=C(\NCC(F)CC2)C1C(=O)NC1CNCC(F)C1N1CCN(C2CCOC2)CC1. The third-order valence-electron chi connectivity index (χ3n) is 9.39. The summed E-state index contributed by atoms with van der Waals surface area (Å²) < 4.78 is 35.7. The number of piperidine rings is 1. The minimum absolute atomic E-state index is 0.0758. The predicted octanol–water partition coefficient (Wildman–Crippen LogP) is 0.616. The van der Waals surface area contributed by atoms with E-state index in [1.165, 1.54) is 0 Å².